The largest absolute Gasteiger partial charge is 0.394 e. The van der Waals surface area contributed by atoms with Gasteiger partial charge in [0.2, 0.25) is 0 Å². The van der Waals surface area contributed by atoms with Crippen LogP contribution in [0.15, 0.2) is 0 Å². The number of nitrogens with zero attached hydrogens (tertiary/aromatic N) is 1. The molecule has 2 amide bonds. The van der Waals surface area contributed by atoms with Crippen LogP contribution in [0.25, 0.3) is 0 Å². The minimum atomic E-state index is -0.185. The third-order valence-electron chi connectivity index (χ3n) is 3.46. The van der Waals surface area contributed by atoms with Crippen LogP contribution in [0.5, 0.6) is 0 Å². The highest BCUT2D eigenvalue weighted by Gasteiger charge is 2.22. The lowest BCUT2D eigenvalue weighted by Crippen LogP contribution is -2.47. The summed E-state index contributed by atoms with van der Waals surface area (Å²) in [6, 6.07) is -0.0583. The van der Waals surface area contributed by atoms with Gasteiger partial charge in [-0.1, -0.05) is 0 Å². The SMILES string of the molecule is C[C@@H](CO)NC(=O)NC1CCC(CN(C)C)CC1. The molecule has 0 saturated heterocycles. The lowest BCUT2D eigenvalue weighted by Gasteiger charge is -2.30. The van der Waals surface area contributed by atoms with Crippen molar-refractivity contribution in [1.82, 2.24) is 15.5 Å². The molecule has 1 saturated carbocycles. The molecular weight excluding hydrogens is 230 g/mol. The molecule has 5 nitrogen and oxygen atoms in total. The van der Waals surface area contributed by atoms with Crippen molar-refractivity contribution < 1.29 is 9.90 Å². The van der Waals surface area contributed by atoms with E-state index in [-0.39, 0.29) is 24.7 Å². The zero-order valence-corrected chi connectivity index (χ0v) is 11.8. The molecule has 1 fully saturated rings. The summed E-state index contributed by atoms with van der Waals surface area (Å²) in [4.78, 5) is 13.8. The Morgan fingerprint density at radius 3 is 2.44 bits per heavy atom. The van der Waals surface area contributed by atoms with Gasteiger partial charge in [0.05, 0.1) is 12.6 Å². The average Bonchev–Trinajstić information content (AvgIpc) is 2.30. The summed E-state index contributed by atoms with van der Waals surface area (Å²) in [5.41, 5.74) is 0. The van der Waals surface area contributed by atoms with E-state index in [9.17, 15) is 4.79 Å². The molecular formula is C13H27N3O2. The smallest absolute Gasteiger partial charge is 0.315 e. The van der Waals surface area contributed by atoms with E-state index in [0.29, 0.717) is 0 Å². The van der Waals surface area contributed by atoms with Crippen molar-refractivity contribution in [2.75, 3.05) is 27.2 Å². The van der Waals surface area contributed by atoms with Crippen molar-refractivity contribution in [2.24, 2.45) is 5.92 Å². The number of carbonyl (C=O) groups is 1. The molecule has 0 spiro atoms. The first-order chi connectivity index (χ1) is 8.51. The molecule has 0 aliphatic heterocycles. The Labute approximate surface area is 110 Å². The van der Waals surface area contributed by atoms with Gasteiger partial charge >= 0.3 is 6.03 Å². The Bertz CT molecular complexity index is 251. The normalized spacial score (nSPS) is 25.8. The van der Waals surface area contributed by atoms with Crippen molar-refractivity contribution in [1.29, 1.82) is 0 Å². The minimum Gasteiger partial charge on any atom is -0.394 e. The van der Waals surface area contributed by atoms with Crippen molar-refractivity contribution in [3.05, 3.63) is 0 Å². The highest BCUT2D eigenvalue weighted by atomic mass is 16.3. The zero-order valence-electron chi connectivity index (χ0n) is 11.8. The second-order valence-corrected chi connectivity index (χ2v) is 5.68. The topological polar surface area (TPSA) is 64.6 Å². The van der Waals surface area contributed by atoms with Gasteiger partial charge in [0.25, 0.3) is 0 Å². The second-order valence-electron chi connectivity index (χ2n) is 5.68. The Balaban J connectivity index is 2.21. The van der Waals surface area contributed by atoms with E-state index < -0.39 is 0 Å². The fourth-order valence-electron chi connectivity index (χ4n) is 2.50. The molecule has 0 unspecified atom stereocenters. The van der Waals surface area contributed by atoms with Crippen LogP contribution in [0.2, 0.25) is 0 Å². The fraction of sp³-hybridized carbons (Fsp3) is 0.923. The Morgan fingerprint density at radius 1 is 1.33 bits per heavy atom. The molecule has 1 aliphatic carbocycles. The molecule has 18 heavy (non-hydrogen) atoms. The lowest BCUT2D eigenvalue weighted by atomic mass is 9.86. The number of aliphatic hydroxyl groups excluding tert-OH is 1. The monoisotopic (exact) mass is 257 g/mol. The summed E-state index contributed by atoms with van der Waals surface area (Å²) >= 11 is 0. The van der Waals surface area contributed by atoms with Crippen LogP contribution in [-0.2, 0) is 0 Å². The fourth-order valence-corrected chi connectivity index (χ4v) is 2.50. The van der Waals surface area contributed by atoms with E-state index in [0.717, 1.165) is 25.3 Å². The summed E-state index contributed by atoms with van der Waals surface area (Å²) in [5.74, 6) is 0.762. The molecule has 0 bridgehead atoms. The number of amides is 2. The highest BCUT2D eigenvalue weighted by Crippen LogP contribution is 2.24. The van der Waals surface area contributed by atoms with Crippen LogP contribution in [-0.4, -0.2) is 55.4 Å². The minimum absolute atomic E-state index is 0.0248. The van der Waals surface area contributed by atoms with Crippen molar-refractivity contribution in [2.45, 2.75) is 44.7 Å². The van der Waals surface area contributed by atoms with Gasteiger partial charge in [0, 0.05) is 12.6 Å². The van der Waals surface area contributed by atoms with Gasteiger partial charge in [0.15, 0.2) is 0 Å². The summed E-state index contributed by atoms with van der Waals surface area (Å²) in [5, 5.41) is 14.6. The number of nitrogens with one attached hydrogen (secondary N) is 2. The lowest BCUT2D eigenvalue weighted by molar-refractivity contribution is 0.204. The first-order valence-corrected chi connectivity index (χ1v) is 6.84. The summed E-state index contributed by atoms with van der Waals surface area (Å²) in [6.07, 6.45) is 4.47. The standard InChI is InChI=1S/C13H27N3O2/c1-10(9-17)14-13(18)15-12-6-4-11(5-7-12)8-16(2)3/h10-12,17H,4-9H2,1-3H3,(H2,14,15,18)/t10-,11?,12?/m0/s1. The van der Waals surface area contributed by atoms with E-state index in [1.54, 1.807) is 6.92 Å². The maximum atomic E-state index is 11.6. The van der Waals surface area contributed by atoms with Crippen molar-refractivity contribution >= 4 is 6.03 Å². The quantitative estimate of drug-likeness (QED) is 0.682. The van der Waals surface area contributed by atoms with Crippen LogP contribution < -0.4 is 10.6 Å². The van der Waals surface area contributed by atoms with Crippen LogP contribution in [0.1, 0.15) is 32.6 Å². The van der Waals surface area contributed by atoms with Crippen LogP contribution in [0.4, 0.5) is 4.79 Å². The zero-order chi connectivity index (χ0) is 13.5. The summed E-state index contributed by atoms with van der Waals surface area (Å²) in [6.45, 7) is 2.90. The number of hydrogen-bond donors (Lipinski definition) is 3. The van der Waals surface area contributed by atoms with Gasteiger partial charge in [0.1, 0.15) is 0 Å². The number of rotatable bonds is 5. The third kappa shape index (κ3) is 5.69. The van der Waals surface area contributed by atoms with Gasteiger partial charge in [-0.05, 0) is 52.6 Å². The van der Waals surface area contributed by atoms with E-state index in [1.165, 1.54) is 12.8 Å². The number of hydrogen-bond acceptors (Lipinski definition) is 3. The van der Waals surface area contributed by atoms with Gasteiger partial charge in [-0.25, -0.2) is 4.79 Å². The predicted octanol–water partition coefficient (Wildman–Crippen LogP) is 0.787. The van der Waals surface area contributed by atoms with Crippen LogP contribution in [0, 0.1) is 5.92 Å². The first-order valence-electron chi connectivity index (χ1n) is 6.84. The molecule has 5 heteroatoms. The molecule has 0 heterocycles. The second kappa shape index (κ2) is 7.59. The average molecular weight is 257 g/mol. The van der Waals surface area contributed by atoms with Gasteiger partial charge in [-0.15, -0.1) is 0 Å². The summed E-state index contributed by atoms with van der Waals surface area (Å²) < 4.78 is 0. The van der Waals surface area contributed by atoms with E-state index in [2.05, 4.69) is 29.6 Å². The van der Waals surface area contributed by atoms with Gasteiger partial charge in [-0.3, -0.25) is 0 Å². The molecule has 106 valence electrons. The van der Waals surface area contributed by atoms with E-state index in [1.807, 2.05) is 0 Å². The molecule has 1 aliphatic rings. The van der Waals surface area contributed by atoms with E-state index >= 15 is 0 Å². The Hall–Kier alpha value is -0.810. The molecule has 0 radical (unpaired) electrons. The Kier molecular flexibility index (Phi) is 6.43. The summed E-state index contributed by atoms with van der Waals surface area (Å²) in [7, 11) is 4.21. The number of urea groups is 1. The highest BCUT2D eigenvalue weighted by molar-refractivity contribution is 5.74. The van der Waals surface area contributed by atoms with Crippen molar-refractivity contribution in [3.63, 3.8) is 0 Å². The molecule has 1 rings (SSSR count). The van der Waals surface area contributed by atoms with Crippen molar-refractivity contribution in [3.8, 4) is 0 Å². The molecule has 0 aromatic heterocycles. The first kappa shape index (κ1) is 15.2. The third-order valence-corrected chi connectivity index (χ3v) is 3.46. The maximum Gasteiger partial charge on any atom is 0.315 e. The molecule has 1 atom stereocenters. The number of carbonyl (C=O) groups excluding carboxylic acids is 1. The Morgan fingerprint density at radius 2 is 1.94 bits per heavy atom. The number of aliphatic hydroxyl groups is 1. The van der Waals surface area contributed by atoms with Crippen LogP contribution >= 0.6 is 0 Å². The van der Waals surface area contributed by atoms with Gasteiger partial charge < -0.3 is 20.6 Å². The van der Waals surface area contributed by atoms with E-state index in [4.69, 9.17) is 5.11 Å². The van der Waals surface area contributed by atoms with Crippen LogP contribution in [0.3, 0.4) is 0 Å². The predicted molar refractivity (Wildman–Crippen MR) is 72.5 cm³/mol. The molecule has 3 N–H and O–H groups in total. The maximum absolute atomic E-state index is 11.6. The molecule has 0 aromatic carbocycles. The molecule has 0 aromatic rings. The van der Waals surface area contributed by atoms with Gasteiger partial charge in [-0.2, -0.15) is 0 Å².